The molecule has 8 heteroatoms. The van der Waals surface area contributed by atoms with Gasteiger partial charge in [-0.2, -0.15) is 0 Å². The van der Waals surface area contributed by atoms with Gasteiger partial charge in [-0.05, 0) is 68.1 Å². The fourth-order valence-corrected chi connectivity index (χ4v) is 4.31. The molecule has 0 bridgehead atoms. The van der Waals surface area contributed by atoms with Crippen LogP contribution in [0.5, 0.6) is 5.75 Å². The number of nitrogens with zero attached hydrogens (tertiary/aromatic N) is 3. The first-order valence-electron chi connectivity index (χ1n) is 10.8. The molecule has 0 fully saturated rings. The quantitative estimate of drug-likeness (QED) is 0.292. The Balaban J connectivity index is 1.47. The Kier molecular flexibility index (Phi) is 9.00. The average molecular weight is 473 g/mol. The van der Waals surface area contributed by atoms with Crippen LogP contribution in [0.2, 0.25) is 5.02 Å². The molecule has 170 valence electrons. The van der Waals surface area contributed by atoms with Crippen molar-refractivity contribution in [2.45, 2.75) is 51.7 Å². The molecule has 3 aromatic rings. The number of aromatic nitrogens is 3. The van der Waals surface area contributed by atoms with Crippen LogP contribution in [-0.4, -0.2) is 33.0 Å². The van der Waals surface area contributed by atoms with E-state index in [4.69, 9.17) is 16.3 Å². The first-order valence-corrected chi connectivity index (χ1v) is 12.2. The molecule has 1 heterocycles. The van der Waals surface area contributed by atoms with Gasteiger partial charge in [-0.15, -0.1) is 10.2 Å². The van der Waals surface area contributed by atoms with Gasteiger partial charge in [0.05, 0.1) is 12.4 Å². The molecule has 1 aromatic heterocycles. The van der Waals surface area contributed by atoms with Gasteiger partial charge in [0.15, 0.2) is 5.16 Å². The lowest BCUT2D eigenvalue weighted by atomic mass is 10.1. The Hall–Kier alpha value is -2.51. The number of halogens is 1. The van der Waals surface area contributed by atoms with Crippen molar-refractivity contribution >= 4 is 35.0 Å². The number of carbonyl (C=O) groups excluding carboxylic acids is 1. The molecule has 3 rings (SSSR count). The molecule has 0 saturated heterocycles. The van der Waals surface area contributed by atoms with Crippen molar-refractivity contribution in [2.24, 2.45) is 0 Å². The van der Waals surface area contributed by atoms with Gasteiger partial charge in [-0.3, -0.25) is 4.79 Å². The number of carbonyl (C=O) groups is 1. The molecule has 0 saturated carbocycles. The summed E-state index contributed by atoms with van der Waals surface area (Å²) in [6, 6.07) is 13.5. The van der Waals surface area contributed by atoms with Crippen LogP contribution in [0.15, 0.2) is 47.6 Å². The second kappa shape index (κ2) is 11.9. The Morgan fingerprint density at radius 1 is 1.16 bits per heavy atom. The summed E-state index contributed by atoms with van der Waals surface area (Å²) >= 11 is 7.39. The SMILES string of the molecule is CCc1ccc(NC(=O)CSc2nnc(CCCOc3ccc(Cl)cc3C)n2CC)cc1. The number of anilines is 1. The summed E-state index contributed by atoms with van der Waals surface area (Å²) in [5.41, 5.74) is 3.07. The van der Waals surface area contributed by atoms with Crippen molar-refractivity contribution < 1.29 is 9.53 Å². The third kappa shape index (κ3) is 6.74. The van der Waals surface area contributed by atoms with E-state index in [9.17, 15) is 4.79 Å². The number of benzene rings is 2. The maximum atomic E-state index is 12.3. The minimum absolute atomic E-state index is 0.0572. The van der Waals surface area contributed by atoms with E-state index < -0.39 is 0 Å². The highest BCUT2D eigenvalue weighted by atomic mass is 35.5. The lowest BCUT2D eigenvalue weighted by molar-refractivity contribution is -0.113. The normalized spacial score (nSPS) is 10.9. The number of aryl methyl sites for hydroxylation is 3. The lowest BCUT2D eigenvalue weighted by Gasteiger charge is -2.10. The summed E-state index contributed by atoms with van der Waals surface area (Å²) < 4.78 is 7.93. The third-order valence-electron chi connectivity index (χ3n) is 5.03. The molecule has 2 aromatic carbocycles. The van der Waals surface area contributed by atoms with Crippen LogP contribution in [0.1, 0.15) is 37.2 Å². The number of hydrogen-bond acceptors (Lipinski definition) is 5. The maximum Gasteiger partial charge on any atom is 0.234 e. The van der Waals surface area contributed by atoms with E-state index in [0.717, 1.165) is 53.8 Å². The van der Waals surface area contributed by atoms with E-state index >= 15 is 0 Å². The van der Waals surface area contributed by atoms with Gasteiger partial charge >= 0.3 is 0 Å². The van der Waals surface area contributed by atoms with Gasteiger partial charge in [-0.1, -0.05) is 42.4 Å². The second-order valence-corrected chi connectivity index (χ2v) is 8.77. The lowest BCUT2D eigenvalue weighted by Crippen LogP contribution is -2.14. The van der Waals surface area contributed by atoms with Gasteiger partial charge in [0.25, 0.3) is 0 Å². The molecule has 0 spiro atoms. The van der Waals surface area contributed by atoms with Crippen molar-refractivity contribution in [3.63, 3.8) is 0 Å². The van der Waals surface area contributed by atoms with Crippen LogP contribution < -0.4 is 10.1 Å². The molecule has 32 heavy (non-hydrogen) atoms. The molecule has 0 aliphatic rings. The van der Waals surface area contributed by atoms with Crippen molar-refractivity contribution in [3.05, 3.63) is 64.4 Å². The summed E-state index contributed by atoms with van der Waals surface area (Å²) in [5.74, 6) is 1.98. The second-order valence-electron chi connectivity index (χ2n) is 7.39. The maximum absolute atomic E-state index is 12.3. The predicted octanol–water partition coefficient (Wildman–Crippen LogP) is 5.56. The summed E-state index contributed by atoms with van der Waals surface area (Å²) in [6.07, 6.45) is 2.55. The Bertz CT molecular complexity index is 1040. The standard InChI is InChI=1S/C24H29ClN4O2S/c1-4-18-8-11-20(12-9-18)26-23(30)16-32-24-28-27-22(29(24)5-2)7-6-14-31-21-13-10-19(25)15-17(21)3/h8-13,15H,4-7,14,16H2,1-3H3,(H,26,30). The fourth-order valence-electron chi connectivity index (χ4n) is 3.27. The fraction of sp³-hybridized carbons (Fsp3) is 0.375. The summed E-state index contributed by atoms with van der Waals surface area (Å²) in [7, 11) is 0. The van der Waals surface area contributed by atoms with Crippen LogP contribution in [-0.2, 0) is 24.2 Å². The molecular weight excluding hydrogens is 444 g/mol. The zero-order valence-corrected chi connectivity index (χ0v) is 20.3. The molecule has 0 aliphatic heterocycles. The van der Waals surface area contributed by atoms with Crippen molar-refractivity contribution in [1.82, 2.24) is 14.8 Å². The first kappa shape index (κ1) is 24.1. The molecular formula is C24H29ClN4O2S. The smallest absolute Gasteiger partial charge is 0.234 e. The minimum Gasteiger partial charge on any atom is -0.493 e. The highest BCUT2D eigenvalue weighted by Gasteiger charge is 2.13. The van der Waals surface area contributed by atoms with Crippen LogP contribution in [0.3, 0.4) is 0 Å². The minimum atomic E-state index is -0.0572. The van der Waals surface area contributed by atoms with E-state index in [-0.39, 0.29) is 11.7 Å². The number of nitrogens with one attached hydrogen (secondary N) is 1. The number of ether oxygens (including phenoxy) is 1. The van der Waals surface area contributed by atoms with Crippen LogP contribution in [0, 0.1) is 6.92 Å². The summed E-state index contributed by atoms with van der Waals surface area (Å²) in [4.78, 5) is 12.3. The third-order valence-corrected chi connectivity index (χ3v) is 6.23. The Labute approximate surface area is 198 Å². The Morgan fingerprint density at radius 3 is 2.62 bits per heavy atom. The summed E-state index contributed by atoms with van der Waals surface area (Å²) in [5, 5.41) is 13.0. The topological polar surface area (TPSA) is 69.0 Å². The highest BCUT2D eigenvalue weighted by molar-refractivity contribution is 7.99. The monoisotopic (exact) mass is 472 g/mol. The zero-order valence-electron chi connectivity index (χ0n) is 18.7. The molecule has 0 radical (unpaired) electrons. The largest absolute Gasteiger partial charge is 0.493 e. The van der Waals surface area contributed by atoms with Crippen LogP contribution in [0.4, 0.5) is 5.69 Å². The van der Waals surface area contributed by atoms with Crippen molar-refractivity contribution in [3.8, 4) is 5.75 Å². The van der Waals surface area contributed by atoms with Gasteiger partial charge in [0, 0.05) is 23.7 Å². The zero-order chi connectivity index (χ0) is 22.9. The van der Waals surface area contributed by atoms with E-state index in [2.05, 4.69) is 33.9 Å². The molecule has 0 unspecified atom stereocenters. The molecule has 1 amide bonds. The van der Waals surface area contributed by atoms with Gasteiger partial charge in [-0.25, -0.2) is 0 Å². The van der Waals surface area contributed by atoms with E-state index in [1.165, 1.54) is 17.3 Å². The van der Waals surface area contributed by atoms with Gasteiger partial charge < -0.3 is 14.6 Å². The number of amides is 1. The molecule has 0 aliphatic carbocycles. The highest BCUT2D eigenvalue weighted by Crippen LogP contribution is 2.22. The molecule has 0 atom stereocenters. The van der Waals surface area contributed by atoms with Crippen LogP contribution >= 0.6 is 23.4 Å². The molecule has 6 nitrogen and oxygen atoms in total. The van der Waals surface area contributed by atoms with Crippen molar-refractivity contribution in [2.75, 3.05) is 17.7 Å². The first-order chi connectivity index (χ1) is 15.5. The average Bonchev–Trinajstić information content (AvgIpc) is 3.18. The van der Waals surface area contributed by atoms with E-state index in [1.54, 1.807) is 0 Å². The predicted molar refractivity (Wildman–Crippen MR) is 131 cm³/mol. The van der Waals surface area contributed by atoms with Crippen LogP contribution in [0.25, 0.3) is 0 Å². The number of hydrogen-bond donors (Lipinski definition) is 1. The summed E-state index contributed by atoms with van der Waals surface area (Å²) in [6.45, 7) is 7.48. The van der Waals surface area contributed by atoms with Gasteiger partial charge in [0.1, 0.15) is 11.6 Å². The van der Waals surface area contributed by atoms with Gasteiger partial charge in [0.2, 0.25) is 5.91 Å². The van der Waals surface area contributed by atoms with E-state index in [1.807, 2.05) is 49.4 Å². The molecule has 1 N–H and O–H groups in total. The number of rotatable bonds is 11. The number of thioether (sulfide) groups is 1. The van der Waals surface area contributed by atoms with E-state index in [0.29, 0.717) is 11.6 Å². The van der Waals surface area contributed by atoms with Crippen molar-refractivity contribution in [1.29, 1.82) is 0 Å². The Morgan fingerprint density at radius 2 is 1.94 bits per heavy atom.